The minimum atomic E-state index is -3.66. The van der Waals surface area contributed by atoms with E-state index < -0.39 is 16.0 Å². The van der Waals surface area contributed by atoms with Crippen molar-refractivity contribution in [3.63, 3.8) is 0 Å². The number of nitrogens with zero attached hydrogens (tertiary/aromatic N) is 1. The number of carboxylic acids is 1. The van der Waals surface area contributed by atoms with E-state index in [0.717, 1.165) is 0 Å². The third kappa shape index (κ3) is 3.68. The quantitative estimate of drug-likeness (QED) is 0.880. The zero-order valence-electron chi connectivity index (χ0n) is 10.6. The number of sulfonamides is 1. The molecule has 0 aliphatic heterocycles. The average molecular weight is 319 g/mol. The number of aromatic nitrogens is 1. The van der Waals surface area contributed by atoms with Crippen LogP contribution in [0.1, 0.15) is 25.7 Å². The Morgan fingerprint density at radius 2 is 1.95 bits per heavy atom. The predicted octanol–water partition coefficient (Wildman–Crippen LogP) is 1.66. The standard InChI is InChI=1S/C12H15ClN2O4S/c13-9-5-11(7-14-6-9)20(18,19)15-10-3-1-8(2-4-10)12(16)17/h5-8,10,15H,1-4H2,(H,16,17). The van der Waals surface area contributed by atoms with Crippen molar-refractivity contribution >= 4 is 27.6 Å². The molecule has 6 nitrogen and oxygen atoms in total. The molecule has 0 amide bonds. The summed E-state index contributed by atoms with van der Waals surface area (Å²) in [5, 5.41) is 9.16. The fraction of sp³-hybridized carbons (Fsp3) is 0.500. The van der Waals surface area contributed by atoms with Crippen molar-refractivity contribution in [2.24, 2.45) is 5.92 Å². The number of halogens is 1. The maximum absolute atomic E-state index is 12.1. The summed E-state index contributed by atoms with van der Waals surface area (Å²) in [5.74, 6) is -1.19. The highest BCUT2D eigenvalue weighted by Gasteiger charge is 2.28. The van der Waals surface area contributed by atoms with Crippen molar-refractivity contribution in [1.82, 2.24) is 9.71 Å². The van der Waals surface area contributed by atoms with E-state index in [9.17, 15) is 13.2 Å². The van der Waals surface area contributed by atoms with Crippen molar-refractivity contribution in [2.75, 3.05) is 0 Å². The van der Waals surface area contributed by atoms with Gasteiger partial charge in [0.1, 0.15) is 4.90 Å². The van der Waals surface area contributed by atoms with Gasteiger partial charge in [0.2, 0.25) is 10.0 Å². The molecule has 1 aliphatic rings. The van der Waals surface area contributed by atoms with Crippen molar-refractivity contribution in [1.29, 1.82) is 0 Å². The minimum Gasteiger partial charge on any atom is -0.481 e. The summed E-state index contributed by atoms with van der Waals surface area (Å²) in [6.45, 7) is 0. The lowest BCUT2D eigenvalue weighted by atomic mass is 9.87. The largest absolute Gasteiger partial charge is 0.481 e. The zero-order valence-corrected chi connectivity index (χ0v) is 12.2. The Labute approximate surface area is 122 Å². The molecule has 0 atom stereocenters. The second-order valence-corrected chi connectivity index (χ2v) is 7.00. The maximum Gasteiger partial charge on any atom is 0.306 e. The normalized spacial score (nSPS) is 23.4. The van der Waals surface area contributed by atoms with Gasteiger partial charge in [0, 0.05) is 18.4 Å². The molecule has 0 radical (unpaired) electrons. The monoisotopic (exact) mass is 318 g/mol. The molecular formula is C12H15ClN2O4S. The first-order valence-corrected chi connectivity index (χ1v) is 8.10. The van der Waals surface area contributed by atoms with Gasteiger partial charge in [-0.05, 0) is 31.7 Å². The van der Waals surface area contributed by atoms with Gasteiger partial charge in [-0.2, -0.15) is 0 Å². The smallest absolute Gasteiger partial charge is 0.306 e. The molecule has 0 unspecified atom stereocenters. The Bertz CT molecular complexity index is 597. The minimum absolute atomic E-state index is 0.0189. The topological polar surface area (TPSA) is 96.4 Å². The lowest BCUT2D eigenvalue weighted by molar-refractivity contribution is -0.142. The molecular weight excluding hydrogens is 304 g/mol. The summed E-state index contributed by atoms with van der Waals surface area (Å²) in [4.78, 5) is 14.6. The van der Waals surface area contributed by atoms with Crippen LogP contribution in [0.15, 0.2) is 23.4 Å². The first kappa shape index (κ1) is 15.2. The van der Waals surface area contributed by atoms with Crippen LogP contribution >= 0.6 is 11.6 Å². The number of nitrogens with one attached hydrogen (secondary N) is 1. The molecule has 8 heteroatoms. The highest BCUT2D eigenvalue weighted by molar-refractivity contribution is 7.89. The predicted molar refractivity (Wildman–Crippen MR) is 73.0 cm³/mol. The molecule has 0 bridgehead atoms. The molecule has 2 rings (SSSR count). The number of pyridine rings is 1. The SMILES string of the molecule is O=C(O)C1CCC(NS(=O)(=O)c2cncc(Cl)c2)CC1. The highest BCUT2D eigenvalue weighted by Crippen LogP contribution is 2.25. The van der Waals surface area contributed by atoms with Crippen LogP contribution in [-0.4, -0.2) is 30.5 Å². The van der Waals surface area contributed by atoms with E-state index in [4.69, 9.17) is 16.7 Å². The molecule has 1 aliphatic carbocycles. The van der Waals surface area contributed by atoms with Gasteiger partial charge in [0.15, 0.2) is 0 Å². The third-order valence-electron chi connectivity index (χ3n) is 3.39. The van der Waals surface area contributed by atoms with Gasteiger partial charge >= 0.3 is 5.97 Å². The number of rotatable bonds is 4. The second-order valence-electron chi connectivity index (χ2n) is 4.85. The van der Waals surface area contributed by atoms with E-state index in [1.807, 2.05) is 0 Å². The molecule has 0 spiro atoms. The molecule has 1 heterocycles. The molecule has 1 saturated carbocycles. The van der Waals surface area contributed by atoms with Gasteiger partial charge in [0.05, 0.1) is 10.9 Å². The van der Waals surface area contributed by atoms with Crippen molar-refractivity contribution < 1.29 is 18.3 Å². The summed E-state index contributed by atoms with van der Waals surface area (Å²) in [5.41, 5.74) is 0. The van der Waals surface area contributed by atoms with Crippen LogP contribution < -0.4 is 4.72 Å². The molecule has 2 N–H and O–H groups in total. The van der Waals surface area contributed by atoms with Gasteiger partial charge < -0.3 is 5.11 Å². The third-order valence-corrected chi connectivity index (χ3v) is 5.08. The Kier molecular flexibility index (Phi) is 4.62. The van der Waals surface area contributed by atoms with Crippen LogP contribution in [0.2, 0.25) is 5.02 Å². The molecule has 1 aromatic rings. The average Bonchev–Trinajstić information content (AvgIpc) is 2.39. The van der Waals surface area contributed by atoms with Gasteiger partial charge in [-0.15, -0.1) is 0 Å². The van der Waals surface area contributed by atoms with E-state index in [-0.39, 0.29) is 21.9 Å². The van der Waals surface area contributed by atoms with Crippen LogP contribution in [0.25, 0.3) is 0 Å². The van der Waals surface area contributed by atoms with E-state index in [0.29, 0.717) is 25.7 Å². The fourth-order valence-electron chi connectivity index (χ4n) is 2.29. The van der Waals surface area contributed by atoms with E-state index in [1.54, 1.807) is 0 Å². The van der Waals surface area contributed by atoms with Gasteiger partial charge in [-0.25, -0.2) is 13.1 Å². The zero-order chi connectivity index (χ0) is 14.8. The number of hydrogen-bond donors (Lipinski definition) is 2. The van der Waals surface area contributed by atoms with Crippen molar-refractivity contribution in [3.8, 4) is 0 Å². The Morgan fingerprint density at radius 3 is 2.50 bits per heavy atom. The van der Waals surface area contributed by atoms with Crippen LogP contribution in [0, 0.1) is 5.92 Å². The Morgan fingerprint density at radius 1 is 1.30 bits per heavy atom. The Hall–Kier alpha value is -1.18. The molecule has 110 valence electrons. The number of aliphatic carboxylic acids is 1. The summed E-state index contributed by atoms with van der Waals surface area (Å²) >= 11 is 5.73. The number of carbonyl (C=O) groups is 1. The fourth-order valence-corrected chi connectivity index (χ4v) is 3.82. The molecule has 1 aromatic heterocycles. The first-order valence-electron chi connectivity index (χ1n) is 6.24. The molecule has 0 saturated heterocycles. The van der Waals surface area contributed by atoms with Crippen LogP contribution in [0.3, 0.4) is 0 Å². The van der Waals surface area contributed by atoms with Crippen LogP contribution in [0.5, 0.6) is 0 Å². The number of carboxylic acid groups (broad SMARTS) is 1. The van der Waals surface area contributed by atoms with E-state index >= 15 is 0 Å². The van der Waals surface area contributed by atoms with Gasteiger partial charge in [0.25, 0.3) is 0 Å². The van der Waals surface area contributed by atoms with Crippen LogP contribution in [0.4, 0.5) is 0 Å². The maximum atomic E-state index is 12.1. The summed E-state index contributed by atoms with van der Waals surface area (Å²) in [6, 6.07) is 1.09. The second kappa shape index (κ2) is 6.07. The van der Waals surface area contributed by atoms with E-state index in [1.165, 1.54) is 18.5 Å². The molecule has 20 heavy (non-hydrogen) atoms. The van der Waals surface area contributed by atoms with Gasteiger partial charge in [-0.3, -0.25) is 9.78 Å². The van der Waals surface area contributed by atoms with Crippen LogP contribution in [-0.2, 0) is 14.8 Å². The molecule has 0 aromatic carbocycles. The first-order chi connectivity index (χ1) is 9.38. The number of hydrogen-bond acceptors (Lipinski definition) is 4. The lowest BCUT2D eigenvalue weighted by Crippen LogP contribution is -2.38. The summed E-state index contributed by atoms with van der Waals surface area (Å²) in [6.07, 6.45) is 4.59. The highest BCUT2D eigenvalue weighted by atomic mass is 35.5. The molecule has 1 fully saturated rings. The van der Waals surface area contributed by atoms with E-state index in [2.05, 4.69) is 9.71 Å². The Balaban J connectivity index is 2.02. The summed E-state index contributed by atoms with van der Waals surface area (Å²) in [7, 11) is -3.66. The van der Waals surface area contributed by atoms with Gasteiger partial charge in [-0.1, -0.05) is 11.6 Å². The summed E-state index contributed by atoms with van der Waals surface area (Å²) < 4.78 is 26.9. The van der Waals surface area contributed by atoms with Crippen molar-refractivity contribution in [2.45, 2.75) is 36.6 Å². The van der Waals surface area contributed by atoms with Crippen molar-refractivity contribution in [3.05, 3.63) is 23.5 Å². The lowest BCUT2D eigenvalue weighted by Gasteiger charge is -2.26.